The number of hydrogen-bond acceptors (Lipinski definition) is 24. The summed E-state index contributed by atoms with van der Waals surface area (Å²) in [7, 11) is 0. The molecule has 0 radical (unpaired) electrons. The number of nitrogens with zero attached hydrogens (tertiary/aromatic N) is 5. The van der Waals surface area contributed by atoms with E-state index in [0.29, 0.717) is 85.1 Å². The number of halogens is 21. The monoisotopic (exact) mass is 2060 g/mol. The van der Waals surface area contributed by atoms with Crippen LogP contribution in [0.25, 0.3) is 17.0 Å². The largest absolute Gasteiger partial charge is 1.00 e. The molecule has 2 bridgehead atoms. The van der Waals surface area contributed by atoms with Crippen LogP contribution in [0.1, 0.15) is 132 Å². The van der Waals surface area contributed by atoms with Gasteiger partial charge in [-0.2, -0.15) is 9.59 Å². The molecule has 12 atom stereocenters. The Hall–Kier alpha value is -14.1. The summed E-state index contributed by atoms with van der Waals surface area (Å²) in [5.41, 5.74) is -3.33. The van der Waals surface area contributed by atoms with Crippen molar-refractivity contribution < 1.29 is 215 Å². The van der Waals surface area contributed by atoms with Gasteiger partial charge in [-0.15, -0.1) is 6.58 Å². The number of phenolic OH excluding ortho intramolecular Hbond substituents is 1. The third kappa shape index (κ3) is 31.9. The number of nitrogens with one attached hydrogen (secondary N) is 3. The molecular formula is C91H80F21N8NaO22. The van der Waals surface area contributed by atoms with E-state index in [1.54, 1.807) is 31.3 Å². The van der Waals surface area contributed by atoms with Gasteiger partial charge in [-0.25, -0.2) is 92.2 Å². The predicted molar refractivity (Wildman–Crippen MR) is 447 cm³/mol. The topological polar surface area (TPSA) is 454 Å². The molecule has 6 aliphatic rings. The molecule has 7 heterocycles. The number of benzene rings is 8. The van der Waals surface area contributed by atoms with Crippen molar-refractivity contribution in [3.63, 3.8) is 0 Å². The second-order valence-corrected chi connectivity index (χ2v) is 30.1. The van der Waals surface area contributed by atoms with Crippen molar-refractivity contribution in [2.75, 3.05) is 59.0 Å². The molecule has 7 unspecified atom stereocenters. The van der Waals surface area contributed by atoms with Gasteiger partial charge in [0.1, 0.15) is 52.6 Å². The van der Waals surface area contributed by atoms with Crippen LogP contribution in [-0.2, 0) is 52.6 Å². The zero-order chi connectivity index (χ0) is 105. The van der Waals surface area contributed by atoms with Crippen molar-refractivity contribution in [3.8, 4) is 5.75 Å². The van der Waals surface area contributed by atoms with E-state index >= 15 is 0 Å². The Kier molecular flexibility index (Phi) is 48.4. The summed E-state index contributed by atoms with van der Waals surface area (Å²) in [5, 5.41) is 68.8. The molecular weight excluding hydrogens is 1980 g/mol. The van der Waals surface area contributed by atoms with Crippen molar-refractivity contribution in [1.82, 2.24) is 25.8 Å². The third-order valence-electron chi connectivity index (χ3n) is 21.7. The number of rotatable bonds is 23. The molecule has 7 N–H and O–H groups in total. The average Bonchev–Trinajstić information content (AvgIpc) is 1.75. The summed E-state index contributed by atoms with van der Waals surface area (Å²) < 4.78 is 289. The number of phenols is 1. The van der Waals surface area contributed by atoms with Crippen molar-refractivity contribution in [1.29, 1.82) is 0 Å². The first-order valence-corrected chi connectivity index (χ1v) is 41.1. The molecule has 52 heteroatoms. The number of aromatic hydroxyl groups is 1. The molecule has 6 saturated heterocycles. The van der Waals surface area contributed by atoms with Crippen LogP contribution in [0, 0.1) is 176 Å². The van der Waals surface area contributed by atoms with Crippen LogP contribution in [0.3, 0.4) is 0 Å². The predicted octanol–water partition coefficient (Wildman–Crippen LogP) is 11.9. The van der Waals surface area contributed by atoms with Gasteiger partial charge < -0.3 is 51.0 Å². The minimum absolute atomic E-state index is 0. The molecule has 3 amide bonds. The van der Waals surface area contributed by atoms with Crippen LogP contribution < -0.4 is 45.5 Å². The van der Waals surface area contributed by atoms with Gasteiger partial charge in [-0.05, 0) is 166 Å². The van der Waals surface area contributed by atoms with E-state index in [1.165, 1.54) is 20.3 Å². The summed E-state index contributed by atoms with van der Waals surface area (Å²) in [6.07, 6.45) is 3.63. The van der Waals surface area contributed by atoms with E-state index in [0.717, 1.165) is 66.3 Å². The minimum Gasteiger partial charge on any atom is -0.870 e. The summed E-state index contributed by atoms with van der Waals surface area (Å²) in [4.78, 5) is 129. The van der Waals surface area contributed by atoms with E-state index in [4.69, 9.17) is 14.7 Å². The second-order valence-electron chi connectivity index (χ2n) is 30.1. The Morgan fingerprint density at radius 2 is 1.01 bits per heavy atom. The van der Waals surface area contributed by atoms with Crippen molar-refractivity contribution in [3.05, 3.63) is 331 Å². The average molecular weight is 2060 g/mol. The van der Waals surface area contributed by atoms with Gasteiger partial charge in [-0.3, -0.25) is 73.8 Å². The fourth-order valence-corrected chi connectivity index (χ4v) is 15.2. The molecule has 6 aliphatic heterocycles. The third-order valence-corrected chi connectivity index (χ3v) is 21.7. The van der Waals surface area contributed by atoms with Crippen LogP contribution in [0.15, 0.2) is 134 Å². The maximum Gasteiger partial charge on any atom is 1.00 e. The Labute approximate surface area is 816 Å². The number of nitro groups is 3. The number of aliphatic hydroxyl groups excluding tert-OH is 2. The normalized spacial score (nSPS) is 18.1. The number of fused-ring (bicyclic) bond motifs is 4. The van der Waals surface area contributed by atoms with Gasteiger partial charge >= 0.3 is 47.6 Å². The van der Waals surface area contributed by atoms with Crippen molar-refractivity contribution in [2.24, 2.45) is 23.7 Å². The Morgan fingerprint density at radius 3 is 1.46 bits per heavy atom. The number of aliphatic hydroxyl groups is 2. The van der Waals surface area contributed by atoms with Crippen molar-refractivity contribution in [2.45, 2.75) is 94.5 Å². The standard InChI is InChI=1S/C19H22N2O2.C15H16F3NO6.C12H12F3NO.C11H8F3NO3.C10H8F3NO.C8H6F3NO3.C8H4F3NO2.C7H3F3O.CO2.Na.H2O/c1-2-12-11-21-8-6-13(12)9-18(21)19(23)15-5-7-20-17-4-3-14(22)10-16(15)17;1-3-24-14(20)12(15(21)25-4-2)8(7-19(22)23)11-9(16)5-6-10(17)13(11)18;1-2-6-7(5-16-12(6)17)10-8(13)3-4-9(14)11(10)15;12-6-1-2-7(13)9(14)8(6)5-3-15-11(17)10(5)18-4-16;11-6-1-2-7(12)10(13)9(6)5-3-8(15)14-4-5;9-4-1-2-5(10)8(11)7(4)6(13)3-12(14)15;9-6-1-2-7(10)8(11)5(6)3-4-12(13)14;8-5-1-2-6(9)7(10)4(5)3-11;2-1-3;;/h2-5,7,10,12-13,18-19,22-23H,1,6,8-9,11H2;5-6,8,12H,3-4,7H2,1-2H3;3-4,6-7H,2,5H2,1H3,(H,16,17);1-2,4-5,10H,3H2,(H,15,17);1-2,5H,3-4H2,(H,14,15);1-2,6,13H,3H2;1-4H;1-3H;;;1H2/q;;;;;;;;;+1;/p-1/b;;;;;;4-3+;;;;/t12?,13?,18?,19-;8-;6?,7-;5-,10?;5-;;;;;;/m00100....../s1. The zero-order valence-corrected chi connectivity index (χ0v) is 76.5. The van der Waals surface area contributed by atoms with E-state index in [1.807, 2.05) is 6.07 Å². The Balaban J connectivity index is 0.000000342. The van der Waals surface area contributed by atoms with E-state index in [2.05, 4.69) is 52.7 Å². The van der Waals surface area contributed by atoms with Gasteiger partial charge in [0.15, 0.2) is 99.7 Å². The number of piperidine rings is 3. The first-order chi connectivity index (χ1) is 66.6. The van der Waals surface area contributed by atoms with Crippen LogP contribution in [0.4, 0.5) is 92.2 Å². The number of esters is 2. The molecule has 764 valence electrons. The number of hydrogen-bond donors (Lipinski definition) is 6. The molecule has 9 aromatic rings. The Morgan fingerprint density at radius 1 is 0.566 bits per heavy atom. The smallest absolute Gasteiger partial charge is 0.870 e. The summed E-state index contributed by atoms with van der Waals surface area (Å²) >= 11 is 0. The zero-order valence-electron chi connectivity index (χ0n) is 74.5. The molecule has 0 aliphatic carbocycles. The molecule has 8 aromatic carbocycles. The van der Waals surface area contributed by atoms with Gasteiger partial charge in [0.2, 0.25) is 31.1 Å². The van der Waals surface area contributed by atoms with Crippen LogP contribution >= 0.6 is 0 Å². The second kappa shape index (κ2) is 57.1. The molecule has 0 spiro atoms. The Bertz CT molecular complexity index is 6130. The van der Waals surface area contributed by atoms with Gasteiger partial charge in [0, 0.05) is 106 Å². The minimum atomic E-state index is -2.02. The van der Waals surface area contributed by atoms with Crippen LogP contribution in [0.5, 0.6) is 5.75 Å². The number of aromatic nitrogens is 1. The van der Waals surface area contributed by atoms with E-state index in [9.17, 15) is 166 Å². The number of amides is 3. The quantitative estimate of drug-likeness (QED) is 0.00331. The molecule has 30 nitrogen and oxygen atoms in total. The van der Waals surface area contributed by atoms with Crippen LogP contribution in [-0.4, -0.2) is 165 Å². The fourth-order valence-electron chi connectivity index (χ4n) is 15.2. The number of ether oxygens (including phenoxy) is 3. The number of aldehydes is 1. The molecule has 143 heavy (non-hydrogen) atoms. The molecule has 1 aromatic heterocycles. The first kappa shape index (κ1) is 121. The van der Waals surface area contributed by atoms with E-state index in [-0.39, 0.29) is 128 Å². The summed E-state index contributed by atoms with van der Waals surface area (Å²) in [6.45, 7) is 8.08. The number of carbonyl (C=O) groups is 7. The fraction of sp³-hybridized carbons (Fsp3) is 0.308. The van der Waals surface area contributed by atoms with Gasteiger partial charge in [0.05, 0.1) is 58.3 Å². The number of carbonyl (C=O) groups excluding carboxylic acids is 9. The maximum atomic E-state index is 14.1. The van der Waals surface area contributed by atoms with Crippen LogP contribution in [0.2, 0.25) is 0 Å². The molecule has 15 rings (SSSR count). The maximum absolute atomic E-state index is 14.1. The van der Waals surface area contributed by atoms with Crippen molar-refractivity contribution >= 4 is 65.5 Å². The van der Waals surface area contributed by atoms with Gasteiger partial charge in [-0.1, -0.05) is 13.0 Å². The summed E-state index contributed by atoms with van der Waals surface area (Å²) in [5.74, 6) is -35.1. The van der Waals surface area contributed by atoms with E-state index < -0.39 is 250 Å². The number of pyridine rings is 1. The first-order valence-electron chi connectivity index (χ1n) is 41.1. The van der Waals surface area contributed by atoms with Gasteiger partial charge in [0.25, 0.3) is 12.4 Å². The molecule has 0 saturated carbocycles. The molecule has 6 fully saturated rings. The SMILES string of the molecule is C=CC1CN2CCC1CC2[C@@H](O)c1ccnc2ccc(O)cc12.CCC1C(=O)NC[C@H]1c1c(F)ccc(F)c1F.CCOC(=O)C(C(=O)OCC)[C@@H](C[N+](=O)[O-])c1c(F)ccc(F)c1F.O=C1C[C@H](c2c(F)ccc(F)c2F)CN1.O=C=O.O=COC1C(=O)NC[C@H]1c1c(F)ccc(F)c1F.O=Cc1c(F)ccc(F)c1F.O=[N+]([O-])/C=C/c1c(F)ccc(F)c1F.O=[N+]([O-])CC(O)c1c(F)ccc(F)c1F.[Na+].[OH-]. The summed E-state index contributed by atoms with van der Waals surface area (Å²) in [6, 6.07) is 16.6.